The summed E-state index contributed by atoms with van der Waals surface area (Å²) < 4.78 is 0. The summed E-state index contributed by atoms with van der Waals surface area (Å²) in [4.78, 5) is 0. The molecule has 2 heteroatoms. The number of phenolic OH excluding ortho intramolecular Hbond substituents is 2. The van der Waals surface area contributed by atoms with Crippen molar-refractivity contribution in [3.63, 3.8) is 0 Å². The summed E-state index contributed by atoms with van der Waals surface area (Å²) in [5, 5.41) is 22.8. The van der Waals surface area contributed by atoms with Crippen molar-refractivity contribution in [3.8, 4) is 11.5 Å². The quantitative estimate of drug-likeness (QED) is 0.283. The molecule has 0 aliphatic heterocycles. The molecule has 0 spiro atoms. The Bertz CT molecular complexity index is 1250. The maximum atomic E-state index is 11.4. The highest BCUT2D eigenvalue weighted by atomic mass is 16.3. The average Bonchev–Trinajstić information content (AvgIpc) is 2.83. The van der Waals surface area contributed by atoms with Crippen LogP contribution in [0.1, 0.15) is 86.1 Å². The first-order valence-electron chi connectivity index (χ1n) is 13.2. The van der Waals surface area contributed by atoms with Crippen molar-refractivity contribution in [2.24, 2.45) is 0 Å². The van der Waals surface area contributed by atoms with Gasteiger partial charge in [0.25, 0.3) is 0 Å². The van der Waals surface area contributed by atoms with Crippen LogP contribution in [-0.2, 0) is 30.1 Å². The van der Waals surface area contributed by atoms with Crippen molar-refractivity contribution in [3.05, 3.63) is 129 Å². The highest BCUT2D eigenvalue weighted by molar-refractivity contribution is 5.54. The molecule has 0 aromatic heterocycles. The van der Waals surface area contributed by atoms with E-state index in [0.717, 1.165) is 35.1 Å². The molecule has 0 unspecified atom stereocenters. The molecule has 0 fully saturated rings. The Kier molecular flexibility index (Phi) is 7.50. The SMILES string of the molecule is CC(C)(C)c1cc(Cc2ccccc2)cc(Cc2cc(Cc3ccccc3)cc(C(C)(C)C)c2O)c1O. The monoisotopic (exact) mass is 492 g/mol. The van der Waals surface area contributed by atoms with E-state index >= 15 is 0 Å². The second kappa shape index (κ2) is 10.5. The van der Waals surface area contributed by atoms with E-state index in [2.05, 4.69) is 114 Å². The Morgan fingerprint density at radius 2 is 0.811 bits per heavy atom. The maximum Gasteiger partial charge on any atom is 0.122 e. The zero-order chi connectivity index (χ0) is 26.8. The van der Waals surface area contributed by atoms with Crippen molar-refractivity contribution < 1.29 is 10.2 Å². The number of benzene rings is 4. The van der Waals surface area contributed by atoms with Crippen molar-refractivity contribution in [1.29, 1.82) is 0 Å². The number of hydrogen-bond acceptors (Lipinski definition) is 2. The van der Waals surface area contributed by atoms with E-state index < -0.39 is 0 Å². The molecule has 4 aromatic rings. The predicted octanol–water partition coefficient (Wildman–Crippen LogP) is 8.47. The lowest BCUT2D eigenvalue weighted by atomic mass is 9.80. The Morgan fingerprint density at radius 3 is 1.14 bits per heavy atom. The molecule has 37 heavy (non-hydrogen) atoms. The Labute approximate surface area is 222 Å². The summed E-state index contributed by atoms with van der Waals surface area (Å²) in [6.45, 7) is 12.8. The third-order valence-electron chi connectivity index (χ3n) is 7.00. The van der Waals surface area contributed by atoms with E-state index in [4.69, 9.17) is 0 Å². The Hall–Kier alpha value is -3.52. The van der Waals surface area contributed by atoms with Crippen molar-refractivity contribution >= 4 is 0 Å². The van der Waals surface area contributed by atoms with E-state index in [1.807, 2.05) is 12.1 Å². The summed E-state index contributed by atoms with van der Waals surface area (Å²) in [5.41, 5.74) is 7.97. The van der Waals surface area contributed by atoms with Crippen LogP contribution in [0, 0.1) is 0 Å². The molecule has 0 bridgehead atoms. The van der Waals surface area contributed by atoms with Gasteiger partial charge in [0.05, 0.1) is 0 Å². The first-order valence-corrected chi connectivity index (χ1v) is 13.2. The highest BCUT2D eigenvalue weighted by Gasteiger charge is 2.25. The van der Waals surface area contributed by atoms with Crippen LogP contribution in [0.5, 0.6) is 11.5 Å². The smallest absolute Gasteiger partial charge is 0.122 e. The number of phenols is 2. The summed E-state index contributed by atoms with van der Waals surface area (Å²) in [6, 6.07) is 29.3. The fourth-order valence-corrected chi connectivity index (χ4v) is 5.01. The summed E-state index contributed by atoms with van der Waals surface area (Å²) in [6.07, 6.45) is 2.06. The van der Waals surface area contributed by atoms with Gasteiger partial charge in [0.15, 0.2) is 0 Å². The minimum Gasteiger partial charge on any atom is -0.507 e. The third kappa shape index (κ3) is 6.43. The van der Waals surface area contributed by atoms with Crippen molar-refractivity contribution in [1.82, 2.24) is 0 Å². The first-order chi connectivity index (χ1) is 17.4. The largest absolute Gasteiger partial charge is 0.507 e. The summed E-state index contributed by atoms with van der Waals surface area (Å²) in [7, 11) is 0. The molecule has 0 saturated heterocycles. The van der Waals surface area contributed by atoms with E-state index in [9.17, 15) is 10.2 Å². The predicted molar refractivity (Wildman–Crippen MR) is 155 cm³/mol. The number of rotatable bonds is 6. The van der Waals surface area contributed by atoms with Crippen LogP contribution in [0.15, 0.2) is 84.9 Å². The minimum atomic E-state index is -0.209. The zero-order valence-electron chi connectivity index (χ0n) is 23.1. The lowest BCUT2D eigenvalue weighted by Crippen LogP contribution is -2.14. The maximum absolute atomic E-state index is 11.4. The zero-order valence-corrected chi connectivity index (χ0v) is 23.1. The van der Waals surface area contributed by atoms with Crippen LogP contribution in [0.4, 0.5) is 0 Å². The lowest BCUT2D eigenvalue weighted by Gasteiger charge is -2.25. The van der Waals surface area contributed by atoms with Gasteiger partial charge < -0.3 is 10.2 Å². The van der Waals surface area contributed by atoms with Gasteiger partial charge in [-0.15, -0.1) is 0 Å². The second-order valence-corrected chi connectivity index (χ2v) is 12.3. The van der Waals surface area contributed by atoms with Crippen LogP contribution >= 0.6 is 0 Å². The van der Waals surface area contributed by atoms with Gasteiger partial charge in [-0.05, 0) is 68.2 Å². The molecule has 0 heterocycles. The van der Waals surface area contributed by atoms with Crippen molar-refractivity contribution in [2.45, 2.75) is 71.6 Å². The first kappa shape index (κ1) is 26.5. The molecule has 0 amide bonds. The molecule has 4 aromatic carbocycles. The fourth-order valence-electron chi connectivity index (χ4n) is 5.01. The minimum absolute atomic E-state index is 0.209. The van der Waals surface area contributed by atoms with Gasteiger partial charge >= 0.3 is 0 Å². The summed E-state index contributed by atoms with van der Waals surface area (Å²) in [5.74, 6) is 0.656. The summed E-state index contributed by atoms with van der Waals surface area (Å²) >= 11 is 0. The molecular weight excluding hydrogens is 452 g/mol. The normalized spacial score (nSPS) is 12.1. The standard InChI is InChI=1S/C35H40O2/c1-34(2,3)30-21-26(17-24-13-9-7-10-14-24)19-28(32(30)36)23-29-20-27(18-25-15-11-8-12-16-25)22-31(33(29)37)35(4,5)6/h7-16,19-22,36-37H,17-18,23H2,1-6H3. The molecule has 0 aliphatic rings. The third-order valence-corrected chi connectivity index (χ3v) is 7.00. The van der Waals surface area contributed by atoms with E-state index in [1.54, 1.807) is 0 Å². The molecule has 0 saturated carbocycles. The highest BCUT2D eigenvalue weighted by Crippen LogP contribution is 2.40. The number of aromatic hydroxyl groups is 2. The van der Waals surface area contributed by atoms with Gasteiger partial charge in [-0.1, -0.05) is 126 Å². The van der Waals surface area contributed by atoms with Gasteiger partial charge in [-0.25, -0.2) is 0 Å². The molecule has 0 aliphatic carbocycles. The average molecular weight is 493 g/mol. The van der Waals surface area contributed by atoms with E-state index in [0.29, 0.717) is 17.9 Å². The topological polar surface area (TPSA) is 40.5 Å². The molecule has 192 valence electrons. The second-order valence-electron chi connectivity index (χ2n) is 12.3. The Balaban J connectivity index is 1.80. The molecule has 2 N–H and O–H groups in total. The molecule has 0 atom stereocenters. The lowest BCUT2D eigenvalue weighted by molar-refractivity contribution is 0.435. The van der Waals surface area contributed by atoms with Crippen LogP contribution in [-0.4, -0.2) is 10.2 Å². The molecular formula is C35H40O2. The molecule has 0 radical (unpaired) electrons. The van der Waals surface area contributed by atoms with Gasteiger partial charge in [-0.2, -0.15) is 0 Å². The van der Waals surface area contributed by atoms with Crippen LogP contribution < -0.4 is 0 Å². The number of hydrogen-bond donors (Lipinski definition) is 2. The van der Waals surface area contributed by atoms with Crippen LogP contribution in [0.25, 0.3) is 0 Å². The molecule has 2 nitrogen and oxygen atoms in total. The van der Waals surface area contributed by atoms with Crippen LogP contribution in [0.2, 0.25) is 0 Å². The van der Waals surface area contributed by atoms with Crippen LogP contribution in [0.3, 0.4) is 0 Å². The fraction of sp³-hybridized carbons (Fsp3) is 0.314. The van der Waals surface area contributed by atoms with Gasteiger partial charge in [0, 0.05) is 6.42 Å². The van der Waals surface area contributed by atoms with Gasteiger partial charge in [-0.3, -0.25) is 0 Å². The van der Waals surface area contributed by atoms with Crippen molar-refractivity contribution in [2.75, 3.05) is 0 Å². The molecule has 4 rings (SSSR count). The van der Waals surface area contributed by atoms with Gasteiger partial charge in [0.1, 0.15) is 11.5 Å². The van der Waals surface area contributed by atoms with E-state index in [-0.39, 0.29) is 10.8 Å². The van der Waals surface area contributed by atoms with E-state index in [1.165, 1.54) is 22.3 Å². The van der Waals surface area contributed by atoms with Gasteiger partial charge in [0.2, 0.25) is 0 Å². The Morgan fingerprint density at radius 1 is 0.459 bits per heavy atom.